The van der Waals surface area contributed by atoms with Gasteiger partial charge in [0.05, 0.1) is 47.4 Å². The van der Waals surface area contributed by atoms with Gasteiger partial charge in [-0.3, -0.25) is 9.59 Å². The monoisotopic (exact) mass is 592 g/mol. The number of aliphatic hydroxyl groups is 1. The van der Waals surface area contributed by atoms with Gasteiger partial charge in [-0.05, 0) is 74.2 Å². The van der Waals surface area contributed by atoms with Crippen molar-refractivity contribution in [3.05, 3.63) is 88.6 Å². The van der Waals surface area contributed by atoms with Crippen LogP contribution in [0.2, 0.25) is 0 Å². The van der Waals surface area contributed by atoms with Crippen molar-refractivity contribution in [3.63, 3.8) is 0 Å². The quantitative estimate of drug-likeness (QED) is 0.140. The van der Waals surface area contributed by atoms with E-state index in [1.54, 1.807) is 19.1 Å². The average molecular weight is 593 g/mol. The summed E-state index contributed by atoms with van der Waals surface area (Å²) < 4.78 is 5.17. The Kier molecular flexibility index (Phi) is 8.64. The van der Waals surface area contributed by atoms with Gasteiger partial charge < -0.3 is 31.5 Å². The number of para-hydroxylation sites is 1. The van der Waals surface area contributed by atoms with Crippen LogP contribution in [0.25, 0.3) is 21.8 Å². The number of nitrogens with two attached hydrogens (primary N) is 1. The molecule has 10 nitrogen and oxygen atoms in total. The van der Waals surface area contributed by atoms with Crippen molar-refractivity contribution in [2.75, 3.05) is 23.5 Å². The molecule has 0 aliphatic rings. The minimum Gasteiger partial charge on any atom is -0.480 e. The molecule has 0 radical (unpaired) electrons. The largest absolute Gasteiger partial charge is 0.480 e. The number of ether oxygens (including phenoxy) is 1. The van der Waals surface area contributed by atoms with Gasteiger partial charge in [-0.25, -0.2) is 9.97 Å². The molecule has 2 amide bonds. The summed E-state index contributed by atoms with van der Waals surface area (Å²) in [4.78, 5) is 35.5. The molecule has 0 aliphatic heterocycles. The predicted octanol–water partition coefficient (Wildman–Crippen LogP) is 5.55. The number of methoxy groups -OCH3 is 1. The zero-order valence-electron chi connectivity index (χ0n) is 25.4. The molecule has 1 unspecified atom stereocenters. The van der Waals surface area contributed by atoms with Gasteiger partial charge in [-0.2, -0.15) is 0 Å². The summed E-state index contributed by atoms with van der Waals surface area (Å²) in [5, 5.41) is 21.1. The lowest BCUT2D eigenvalue weighted by Crippen LogP contribution is -2.42. The van der Waals surface area contributed by atoms with Gasteiger partial charge >= 0.3 is 0 Å². The van der Waals surface area contributed by atoms with E-state index in [0.29, 0.717) is 29.1 Å². The molecule has 5 aromatic rings. The number of anilines is 4. The van der Waals surface area contributed by atoms with Crippen LogP contribution in [0.4, 0.5) is 22.7 Å². The first-order valence-corrected chi connectivity index (χ1v) is 14.4. The molecule has 0 saturated carbocycles. The number of carbonyl (C=O) groups is 2. The average Bonchev–Trinajstić information content (AvgIpc) is 3.02. The lowest BCUT2D eigenvalue weighted by molar-refractivity contribution is -0.117. The van der Waals surface area contributed by atoms with E-state index >= 15 is 0 Å². The van der Waals surface area contributed by atoms with Crippen LogP contribution in [-0.4, -0.2) is 40.0 Å². The number of benzene rings is 3. The Morgan fingerprint density at radius 2 is 1.75 bits per heavy atom. The van der Waals surface area contributed by atoms with Crippen molar-refractivity contribution >= 4 is 56.4 Å². The Bertz CT molecular complexity index is 1910. The first-order valence-electron chi connectivity index (χ1n) is 14.4. The molecule has 2 aromatic heterocycles. The van der Waals surface area contributed by atoms with Crippen LogP contribution in [0.1, 0.15) is 46.6 Å². The van der Waals surface area contributed by atoms with Crippen LogP contribution in [0.15, 0.2) is 60.7 Å². The summed E-state index contributed by atoms with van der Waals surface area (Å²) >= 11 is 0. The number of amides is 2. The Morgan fingerprint density at radius 1 is 1.00 bits per heavy atom. The van der Waals surface area contributed by atoms with Crippen LogP contribution in [0.3, 0.4) is 0 Å². The highest BCUT2D eigenvalue weighted by atomic mass is 16.5. The summed E-state index contributed by atoms with van der Waals surface area (Å²) in [6.07, 6.45) is 0.477. The van der Waals surface area contributed by atoms with Crippen molar-refractivity contribution < 1.29 is 19.4 Å². The van der Waals surface area contributed by atoms with E-state index in [-0.39, 0.29) is 23.7 Å². The maximum Gasteiger partial charge on any atom is 0.253 e. The van der Waals surface area contributed by atoms with Gasteiger partial charge in [0.15, 0.2) is 0 Å². The van der Waals surface area contributed by atoms with Crippen molar-refractivity contribution in [2.45, 2.75) is 46.8 Å². The number of hydrogen-bond acceptors (Lipinski definition) is 8. The highest BCUT2D eigenvalue weighted by Gasteiger charge is 2.21. The Balaban J connectivity index is 1.42. The molecule has 1 atom stereocenters. The summed E-state index contributed by atoms with van der Waals surface area (Å²) in [7, 11) is 1.46. The van der Waals surface area contributed by atoms with Crippen molar-refractivity contribution in [1.82, 2.24) is 15.3 Å². The summed E-state index contributed by atoms with van der Waals surface area (Å²) in [6, 6.07) is 18.0. The van der Waals surface area contributed by atoms with E-state index < -0.39 is 17.9 Å². The summed E-state index contributed by atoms with van der Waals surface area (Å²) in [6.45, 7) is 7.35. The molecule has 5 rings (SSSR count). The smallest absolute Gasteiger partial charge is 0.253 e. The zero-order chi connectivity index (χ0) is 31.5. The van der Waals surface area contributed by atoms with Gasteiger partial charge in [0.25, 0.3) is 5.91 Å². The zero-order valence-corrected chi connectivity index (χ0v) is 25.4. The fourth-order valence-electron chi connectivity index (χ4n) is 5.17. The number of aromatic nitrogens is 2. The van der Waals surface area contributed by atoms with Crippen LogP contribution < -0.4 is 26.4 Å². The fraction of sp³-hybridized carbons (Fsp3) is 0.235. The number of nitrogens with zero attached hydrogens (tertiary/aromatic N) is 2. The minimum absolute atomic E-state index is 0.229. The number of nitrogen functional groups attached to an aromatic ring is 1. The molecule has 226 valence electrons. The third-order valence-electron chi connectivity index (χ3n) is 7.70. The second-order valence-corrected chi connectivity index (χ2v) is 10.7. The first kappa shape index (κ1) is 30.2. The van der Waals surface area contributed by atoms with E-state index in [2.05, 4.69) is 46.9 Å². The molecule has 10 heteroatoms. The molecule has 2 heterocycles. The van der Waals surface area contributed by atoms with E-state index in [4.69, 9.17) is 15.5 Å². The second-order valence-electron chi connectivity index (χ2n) is 10.7. The molecule has 0 fully saturated rings. The molecular weight excluding hydrogens is 556 g/mol. The number of carbonyl (C=O) groups excluding carboxylic acids is 2. The SMILES string of the molecule is CCc1nc(OC)c(N)cc1C(=O)NC(C)C(=O)Nc1cc(CO)cc(Nc2c3ccccc3nc3c(C)c(C)ccc23)c1. The van der Waals surface area contributed by atoms with Crippen LogP contribution in [0.5, 0.6) is 5.88 Å². The number of pyridine rings is 2. The van der Waals surface area contributed by atoms with Gasteiger partial charge in [0.2, 0.25) is 11.8 Å². The summed E-state index contributed by atoms with van der Waals surface area (Å²) in [5.74, 6) is -0.659. The van der Waals surface area contributed by atoms with Crippen LogP contribution in [0, 0.1) is 13.8 Å². The highest BCUT2D eigenvalue weighted by molar-refractivity contribution is 6.10. The van der Waals surface area contributed by atoms with Crippen molar-refractivity contribution in [3.8, 4) is 5.88 Å². The number of rotatable bonds is 9. The maximum atomic E-state index is 13.2. The van der Waals surface area contributed by atoms with E-state index in [1.807, 2.05) is 37.3 Å². The standard InChI is InChI=1S/C34H36N6O4/c1-6-28-26(16-27(35)34(40-28)44-5)33(43)36-20(4)32(42)38-23-14-21(17-41)13-22(15-23)37-31-24-9-7-8-10-29(24)39-30-19(3)18(2)11-12-25(30)31/h7-16,20,41H,6,17,35H2,1-5H3,(H,36,43)(H,37,39)(H,38,42). The molecule has 0 bridgehead atoms. The fourth-order valence-corrected chi connectivity index (χ4v) is 5.17. The van der Waals surface area contributed by atoms with Crippen LogP contribution in [-0.2, 0) is 17.8 Å². The lowest BCUT2D eigenvalue weighted by atomic mass is 10.0. The Hall–Kier alpha value is -5.22. The number of nitrogens with one attached hydrogen (secondary N) is 3. The van der Waals surface area contributed by atoms with E-state index in [0.717, 1.165) is 38.6 Å². The Labute approximate surface area is 255 Å². The number of hydrogen-bond donors (Lipinski definition) is 5. The predicted molar refractivity (Wildman–Crippen MR) is 175 cm³/mol. The van der Waals surface area contributed by atoms with E-state index in [9.17, 15) is 14.7 Å². The molecule has 3 aromatic carbocycles. The van der Waals surface area contributed by atoms with Crippen molar-refractivity contribution in [2.24, 2.45) is 0 Å². The molecule has 44 heavy (non-hydrogen) atoms. The number of aliphatic hydroxyl groups excluding tert-OH is 1. The van der Waals surface area contributed by atoms with Gasteiger partial charge in [-0.15, -0.1) is 0 Å². The highest BCUT2D eigenvalue weighted by Crippen LogP contribution is 2.36. The molecule has 0 spiro atoms. The van der Waals surface area contributed by atoms with Gasteiger partial charge in [-0.1, -0.05) is 37.3 Å². The van der Waals surface area contributed by atoms with Gasteiger partial charge in [0, 0.05) is 22.1 Å². The number of fused-ring (bicyclic) bond motifs is 2. The third-order valence-corrected chi connectivity index (χ3v) is 7.70. The topological polar surface area (TPSA) is 151 Å². The molecule has 6 N–H and O–H groups in total. The van der Waals surface area contributed by atoms with Crippen molar-refractivity contribution in [1.29, 1.82) is 0 Å². The Morgan fingerprint density at radius 3 is 2.48 bits per heavy atom. The van der Waals surface area contributed by atoms with Crippen LogP contribution >= 0.6 is 0 Å². The molecular formula is C34H36N6O4. The molecule has 0 aliphatic carbocycles. The minimum atomic E-state index is -0.885. The lowest BCUT2D eigenvalue weighted by Gasteiger charge is -2.18. The van der Waals surface area contributed by atoms with E-state index in [1.165, 1.54) is 13.2 Å². The number of aryl methyl sites for hydroxylation is 3. The molecule has 0 saturated heterocycles. The first-order chi connectivity index (χ1) is 21.1. The van der Waals surface area contributed by atoms with Gasteiger partial charge in [0.1, 0.15) is 6.04 Å². The second kappa shape index (κ2) is 12.6. The normalized spacial score (nSPS) is 11.8. The summed E-state index contributed by atoms with van der Waals surface area (Å²) in [5.41, 5.74) is 13.6. The third kappa shape index (κ3) is 5.97. The maximum absolute atomic E-state index is 13.2.